The molecule has 0 aliphatic heterocycles. The van der Waals surface area contributed by atoms with Crippen LogP contribution in [0.25, 0.3) is 0 Å². The number of hydrogen-bond acceptors (Lipinski definition) is 5. The molecule has 96 valence electrons. The molecular formula is C7H10F4O5. The predicted octanol–water partition coefficient (Wildman–Crippen LogP) is 1.17. The van der Waals surface area contributed by atoms with Crippen LogP contribution in [0.5, 0.6) is 0 Å². The number of halogens is 4. The van der Waals surface area contributed by atoms with Crippen molar-refractivity contribution in [1.29, 1.82) is 0 Å². The zero-order valence-corrected chi connectivity index (χ0v) is 8.47. The van der Waals surface area contributed by atoms with Crippen LogP contribution in [0.3, 0.4) is 0 Å². The zero-order chi connectivity index (χ0) is 13.2. The van der Waals surface area contributed by atoms with Gasteiger partial charge in [-0.2, -0.15) is 13.2 Å². The van der Waals surface area contributed by atoms with Crippen molar-refractivity contribution in [1.82, 2.24) is 0 Å². The molecule has 0 heterocycles. The number of carbonyl (C=O) groups is 2. The average molecular weight is 250 g/mol. The number of Topliss-reactive ketones (excluding diaryl/α,β-unsaturated/α-hetero) is 1. The Morgan fingerprint density at radius 1 is 1.25 bits per heavy atom. The first-order valence-electron chi connectivity index (χ1n) is 3.71. The van der Waals surface area contributed by atoms with E-state index in [2.05, 4.69) is 9.47 Å². The molecule has 0 N–H and O–H groups in total. The third-order valence-corrected chi connectivity index (χ3v) is 0.808. The lowest BCUT2D eigenvalue weighted by Crippen LogP contribution is -2.22. The Hall–Kier alpha value is -1.22. The number of rotatable bonds is 4. The maximum Gasteiger partial charge on any atom is 0.494 e. The highest BCUT2D eigenvalue weighted by molar-refractivity contribution is 5.76. The van der Waals surface area contributed by atoms with Crippen LogP contribution < -0.4 is 0 Å². The lowest BCUT2D eigenvalue weighted by Gasteiger charge is -1.96. The van der Waals surface area contributed by atoms with Gasteiger partial charge in [-0.25, -0.2) is 9.74 Å². The van der Waals surface area contributed by atoms with E-state index in [1.165, 1.54) is 14.0 Å². The number of ketones is 1. The summed E-state index contributed by atoms with van der Waals surface area (Å²) >= 11 is 0. The highest BCUT2D eigenvalue weighted by Gasteiger charge is 2.42. The highest BCUT2D eigenvalue weighted by Crippen LogP contribution is 2.15. The molecule has 0 atom stereocenters. The van der Waals surface area contributed by atoms with Gasteiger partial charge in [0.05, 0.1) is 0 Å². The number of alkyl halides is 3. The minimum atomic E-state index is -5.23. The topological polar surface area (TPSA) is 61.8 Å². The minimum absolute atomic E-state index is 0.0158. The molecule has 0 saturated heterocycles. The molecule has 9 heteroatoms. The Bertz CT molecular complexity index is 215. The van der Waals surface area contributed by atoms with Gasteiger partial charge >= 0.3 is 12.1 Å². The third-order valence-electron chi connectivity index (χ3n) is 0.808. The summed E-state index contributed by atoms with van der Waals surface area (Å²) in [6, 6.07) is 0. The second-order valence-electron chi connectivity index (χ2n) is 2.32. The fourth-order valence-corrected chi connectivity index (χ4v) is 0.312. The quantitative estimate of drug-likeness (QED) is 0.426. The van der Waals surface area contributed by atoms with Gasteiger partial charge in [0, 0.05) is 11.6 Å². The Kier molecular flexibility index (Phi) is 9.71. The Balaban J connectivity index is 0. The van der Waals surface area contributed by atoms with E-state index in [4.69, 9.17) is 4.79 Å². The van der Waals surface area contributed by atoms with E-state index in [1.807, 2.05) is 4.94 Å². The van der Waals surface area contributed by atoms with Gasteiger partial charge in [0.2, 0.25) is 0 Å². The molecule has 0 amide bonds. The van der Waals surface area contributed by atoms with E-state index in [1.54, 1.807) is 0 Å². The standard InChI is InChI=1S/C5H10O3.C2F4O2/c1-5(6)3-8-4-7-2;3-2(4,5)1(7)8-6/h3-4H2,1-2H3;. The number of methoxy groups -OCH3 is 1. The SMILES string of the molecule is COCOCC(C)=O.O=C(OF)C(F)(F)F. The first kappa shape index (κ1) is 17.2. The van der Waals surface area contributed by atoms with Crippen molar-refractivity contribution in [2.75, 3.05) is 20.5 Å². The third kappa shape index (κ3) is 12.8. The lowest BCUT2D eigenvalue weighted by molar-refractivity contribution is -0.234. The van der Waals surface area contributed by atoms with Crippen LogP contribution in [0.15, 0.2) is 0 Å². The summed E-state index contributed by atoms with van der Waals surface area (Å²) in [5, 5.41) is 0. The van der Waals surface area contributed by atoms with Crippen molar-refractivity contribution in [2.24, 2.45) is 0 Å². The number of hydrogen-bond donors (Lipinski definition) is 0. The normalized spacial score (nSPS) is 10.1. The van der Waals surface area contributed by atoms with E-state index in [9.17, 15) is 22.5 Å². The van der Waals surface area contributed by atoms with Crippen molar-refractivity contribution in [3.63, 3.8) is 0 Å². The Labute approximate surface area is 88.2 Å². The molecule has 0 aromatic rings. The second-order valence-corrected chi connectivity index (χ2v) is 2.32. The van der Waals surface area contributed by atoms with E-state index < -0.39 is 12.1 Å². The van der Waals surface area contributed by atoms with Crippen LogP contribution in [0, 0.1) is 0 Å². The molecule has 0 unspecified atom stereocenters. The summed E-state index contributed by atoms with van der Waals surface area (Å²) in [5.41, 5.74) is 0. The highest BCUT2D eigenvalue weighted by atomic mass is 19.4. The van der Waals surface area contributed by atoms with E-state index in [0.29, 0.717) is 0 Å². The summed E-state index contributed by atoms with van der Waals surface area (Å²) in [6.45, 7) is 1.81. The maximum atomic E-state index is 10.7. The van der Waals surface area contributed by atoms with Gasteiger partial charge in [0.25, 0.3) is 0 Å². The lowest BCUT2D eigenvalue weighted by atomic mass is 10.5. The van der Waals surface area contributed by atoms with Crippen molar-refractivity contribution >= 4 is 11.8 Å². The average Bonchev–Trinajstić information content (AvgIpc) is 2.16. The zero-order valence-electron chi connectivity index (χ0n) is 8.47. The van der Waals surface area contributed by atoms with Crippen LogP contribution in [0.4, 0.5) is 17.7 Å². The second kappa shape index (κ2) is 9.04. The largest absolute Gasteiger partial charge is 0.494 e. The van der Waals surface area contributed by atoms with Gasteiger partial charge in [0.1, 0.15) is 13.4 Å². The van der Waals surface area contributed by atoms with Crippen molar-refractivity contribution in [3.05, 3.63) is 0 Å². The smallest absolute Gasteiger partial charge is 0.359 e. The molecule has 0 aromatic carbocycles. The van der Waals surface area contributed by atoms with Gasteiger partial charge in [-0.05, 0) is 6.92 Å². The summed E-state index contributed by atoms with van der Waals surface area (Å²) in [4.78, 5) is 21.1. The van der Waals surface area contributed by atoms with Crippen molar-refractivity contribution in [3.8, 4) is 0 Å². The van der Waals surface area contributed by atoms with Crippen LogP contribution in [0.2, 0.25) is 0 Å². The van der Waals surface area contributed by atoms with Crippen molar-refractivity contribution < 1.29 is 41.7 Å². The van der Waals surface area contributed by atoms with E-state index in [0.717, 1.165) is 0 Å². The molecule has 5 nitrogen and oxygen atoms in total. The van der Waals surface area contributed by atoms with Crippen LogP contribution >= 0.6 is 0 Å². The molecule has 0 saturated carbocycles. The fraction of sp³-hybridized carbons (Fsp3) is 0.714. The van der Waals surface area contributed by atoms with Gasteiger partial charge < -0.3 is 9.47 Å². The predicted molar refractivity (Wildman–Crippen MR) is 41.8 cm³/mol. The van der Waals surface area contributed by atoms with Gasteiger partial charge in [-0.15, -0.1) is 0 Å². The Morgan fingerprint density at radius 3 is 1.94 bits per heavy atom. The van der Waals surface area contributed by atoms with E-state index in [-0.39, 0.29) is 19.2 Å². The van der Waals surface area contributed by atoms with Gasteiger partial charge in [0.15, 0.2) is 5.78 Å². The first-order chi connectivity index (χ1) is 7.25. The summed E-state index contributed by atoms with van der Waals surface area (Å²) in [6.07, 6.45) is -5.23. The first-order valence-corrected chi connectivity index (χ1v) is 3.71. The van der Waals surface area contributed by atoms with Gasteiger partial charge in [-0.3, -0.25) is 4.79 Å². The molecule has 0 spiro atoms. The molecule has 0 aliphatic carbocycles. The van der Waals surface area contributed by atoms with Crippen LogP contribution in [0.1, 0.15) is 6.92 Å². The molecule has 0 aromatic heterocycles. The maximum absolute atomic E-state index is 10.7. The molecule has 0 aliphatic rings. The Morgan fingerprint density at radius 2 is 1.75 bits per heavy atom. The summed E-state index contributed by atoms with van der Waals surface area (Å²) < 4.78 is 51.7. The number of carbonyl (C=O) groups excluding carboxylic acids is 2. The van der Waals surface area contributed by atoms with Gasteiger partial charge in [-0.1, -0.05) is 0 Å². The molecule has 16 heavy (non-hydrogen) atoms. The summed E-state index contributed by atoms with van der Waals surface area (Å²) in [7, 11) is 1.51. The molecule has 0 fully saturated rings. The minimum Gasteiger partial charge on any atom is -0.359 e. The van der Waals surface area contributed by atoms with Crippen LogP contribution in [-0.2, 0) is 24.0 Å². The molecular weight excluding hydrogens is 240 g/mol. The molecule has 0 radical (unpaired) electrons. The van der Waals surface area contributed by atoms with Crippen LogP contribution in [-0.4, -0.2) is 38.4 Å². The van der Waals surface area contributed by atoms with Crippen molar-refractivity contribution in [2.45, 2.75) is 13.1 Å². The molecule has 0 bridgehead atoms. The monoisotopic (exact) mass is 250 g/mol. The summed E-state index contributed by atoms with van der Waals surface area (Å²) in [5.74, 6) is -2.82. The fourth-order valence-electron chi connectivity index (χ4n) is 0.312. The van der Waals surface area contributed by atoms with E-state index >= 15 is 0 Å². The number of ether oxygens (including phenoxy) is 2. The molecule has 0 rings (SSSR count).